The molecule has 6 heteroatoms. The maximum absolute atomic E-state index is 13.0. The summed E-state index contributed by atoms with van der Waals surface area (Å²) in [5.74, 6) is -0.710. The lowest BCUT2D eigenvalue weighted by molar-refractivity contribution is -0.141. The van der Waals surface area contributed by atoms with Gasteiger partial charge < -0.3 is 19.5 Å². The fourth-order valence-electron chi connectivity index (χ4n) is 3.12. The van der Waals surface area contributed by atoms with E-state index in [4.69, 9.17) is 9.47 Å². The predicted octanol–water partition coefficient (Wildman–Crippen LogP) is 3.36. The fourth-order valence-corrected chi connectivity index (χ4v) is 3.12. The van der Waals surface area contributed by atoms with Crippen molar-refractivity contribution in [2.75, 3.05) is 13.2 Å². The van der Waals surface area contributed by atoms with E-state index in [1.807, 2.05) is 30.3 Å². The molecular formula is C22H25NO5. The third-order valence-corrected chi connectivity index (χ3v) is 4.84. The van der Waals surface area contributed by atoms with E-state index in [0.717, 1.165) is 25.0 Å². The summed E-state index contributed by atoms with van der Waals surface area (Å²) in [4.78, 5) is 25.8. The average molecular weight is 383 g/mol. The highest BCUT2D eigenvalue weighted by atomic mass is 16.5. The Balaban J connectivity index is 1.69. The molecule has 1 aliphatic rings. The number of benzene rings is 2. The van der Waals surface area contributed by atoms with E-state index < -0.39 is 12.0 Å². The molecule has 0 aliphatic carbocycles. The average Bonchev–Trinajstić information content (AvgIpc) is 3.24. The van der Waals surface area contributed by atoms with E-state index in [9.17, 15) is 14.7 Å². The minimum absolute atomic E-state index is 0.124. The Morgan fingerprint density at radius 3 is 2.50 bits per heavy atom. The van der Waals surface area contributed by atoms with Crippen LogP contribution in [0, 0.1) is 0 Å². The number of carboxylic acids is 1. The van der Waals surface area contributed by atoms with Gasteiger partial charge in [-0.1, -0.05) is 30.3 Å². The normalized spacial score (nSPS) is 17.1. The third kappa shape index (κ3) is 5.10. The Morgan fingerprint density at radius 1 is 1.18 bits per heavy atom. The molecule has 0 spiro atoms. The summed E-state index contributed by atoms with van der Waals surface area (Å²) in [6.07, 6.45) is 2.18. The largest absolute Gasteiger partial charge is 0.491 e. The quantitative estimate of drug-likeness (QED) is 0.756. The fraction of sp³-hybridized carbons (Fsp3) is 0.364. The van der Waals surface area contributed by atoms with Gasteiger partial charge in [-0.15, -0.1) is 0 Å². The highest BCUT2D eigenvalue weighted by Gasteiger charge is 2.26. The monoisotopic (exact) mass is 383 g/mol. The van der Waals surface area contributed by atoms with Gasteiger partial charge in [0.05, 0.1) is 6.10 Å². The molecule has 1 aliphatic heterocycles. The first-order valence-electron chi connectivity index (χ1n) is 9.47. The summed E-state index contributed by atoms with van der Waals surface area (Å²) >= 11 is 0. The summed E-state index contributed by atoms with van der Waals surface area (Å²) < 4.78 is 11.3. The van der Waals surface area contributed by atoms with Crippen molar-refractivity contribution in [3.05, 3.63) is 65.7 Å². The highest BCUT2D eigenvalue weighted by molar-refractivity contribution is 5.96. The summed E-state index contributed by atoms with van der Waals surface area (Å²) in [6, 6.07) is 15.2. The summed E-state index contributed by atoms with van der Waals surface area (Å²) in [7, 11) is 0. The predicted molar refractivity (Wildman–Crippen MR) is 104 cm³/mol. The lowest BCUT2D eigenvalue weighted by atomic mass is 10.1. The zero-order valence-corrected chi connectivity index (χ0v) is 15.9. The van der Waals surface area contributed by atoms with E-state index >= 15 is 0 Å². The number of carbonyl (C=O) groups excluding carboxylic acids is 1. The molecule has 2 aromatic carbocycles. The summed E-state index contributed by atoms with van der Waals surface area (Å²) in [6.45, 7) is 3.01. The topological polar surface area (TPSA) is 76.1 Å². The van der Waals surface area contributed by atoms with Crippen LogP contribution in [0.3, 0.4) is 0 Å². The summed E-state index contributed by atoms with van der Waals surface area (Å²) in [5, 5.41) is 9.42. The van der Waals surface area contributed by atoms with Crippen LogP contribution < -0.4 is 4.74 Å². The van der Waals surface area contributed by atoms with Gasteiger partial charge in [0.1, 0.15) is 18.4 Å². The van der Waals surface area contributed by atoms with Crippen molar-refractivity contribution in [1.29, 1.82) is 0 Å². The number of hydrogen-bond donors (Lipinski definition) is 1. The van der Waals surface area contributed by atoms with Crippen LogP contribution in [-0.4, -0.2) is 47.2 Å². The Morgan fingerprint density at radius 2 is 1.89 bits per heavy atom. The maximum Gasteiger partial charge on any atom is 0.326 e. The zero-order valence-electron chi connectivity index (χ0n) is 15.9. The van der Waals surface area contributed by atoms with Crippen LogP contribution in [0.2, 0.25) is 0 Å². The Hall–Kier alpha value is -2.86. The number of ether oxygens (including phenoxy) is 2. The molecule has 6 nitrogen and oxygen atoms in total. The molecule has 148 valence electrons. The second-order valence-corrected chi connectivity index (χ2v) is 6.90. The molecule has 1 N–H and O–H groups in total. The molecule has 28 heavy (non-hydrogen) atoms. The van der Waals surface area contributed by atoms with Crippen molar-refractivity contribution in [1.82, 2.24) is 4.90 Å². The van der Waals surface area contributed by atoms with Crippen molar-refractivity contribution in [2.45, 2.75) is 38.5 Å². The van der Waals surface area contributed by atoms with E-state index in [1.54, 1.807) is 24.3 Å². The molecule has 1 amide bonds. The van der Waals surface area contributed by atoms with Crippen LogP contribution in [0.15, 0.2) is 54.6 Å². The van der Waals surface area contributed by atoms with Crippen LogP contribution in [-0.2, 0) is 16.1 Å². The van der Waals surface area contributed by atoms with Crippen LogP contribution in [0.5, 0.6) is 5.75 Å². The molecule has 2 aromatic rings. The Kier molecular flexibility index (Phi) is 6.66. The molecule has 0 saturated carbocycles. The first-order chi connectivity index (χ1) is 13.5. The SMILES string of the molecule is CC(C(=O)O)N(Cc1ccccc1)C(=O)c1ccc(OCC2CCCO2)cc1. The molecule has 1 fully saturated rings. The highest BCUT2D eigenvalue weighted by Crippen LogP contribution is 2.19. The molecule has 3 rings (SSSR count). The van der Waals surface area contributed by atoms with Crippen molar-refractivity contribution in [2.24, 2.45) is 0 Å². The molecule has 1 saturated heterocycles. The Labute approximate surface area is 164 Å². The van der Waals surface area contributed by atoms with Crippen molar-refractivity contribution in [3.63, 3.8) is 0 Å². The number of hydrogen-bond acceptors (Lipinski definition) is 4. The number of carbonyl (C=O) groups is 2. The number of carboxylic acid groups (broad SMARTS) is 1. The van der Waals surface area contributed by atoms with Crippen LogP contribution in [0.4, 0.5) is 0 Å². The number of nitrogens with zero attached hydrogens (tertiary/aromatic N) is 1. The van der Waals surface area contributed by atoms with Gasteiger partial charge in [-0.25, -0.2) is 4.79 Å². The van der Waals surface area contributed by atoms with Gasteiger partial charge in [0.2, 0.25) is 0 Å². The van der Waals surface area contributed by atoms with Crippen LogP contribution >= 0.6 is 0 Å². The van der Waals surface area contributed by atoms with Crippen molar-refractivity contribution >= 4 is 11.9 Å². The van der Waals surface area contributed by atoms with Gasteiger partial charge >= 0.3 is 5.97 Å². The minimum atomic E-state index is -1.04. The van der Waals surface area contributed by atoms with E-state index in [1.165, 1.54) is 11.8 Å². The smallest absolute Gasteiger partial charge is 0.326 e. The first kappa shape index (κ1) is 19.9. The van der Waals surface area contributed by atoms with Gasteiger partial charge in [-0.2, -0.15) is 0 Å². The summed E-state index contributed by atoms with van der Waals surface area (Å²) in [5.41, 5.74) is 1.30. The second kappa shape index (κ2) is 9.37. The molecule has 0 radical (unpaired) electrons. The van der Waals surface area contributed by atoms with E-state index in [-0.39, 0.29) is 18.6 Å². The van der Waals surface area contributed by atoms with Gasteiger partial charge in [0.25, 0.3) is 5.91 Å². The van der Waals surface area contributed by atoms with E-state index in [2.05, 4.69) is 0 Å². The molecule has 0 bridgehead atoms. The van der Waals surface area contributed by atoms with E-state index in [0.29, 0.717) is 17.9 Å². The third-order valence-electron chi connectivity index (χ3n) is 4.84. The standard InChI is InChI=1S/C22H25NO5/c1-16(22(25)26)23(14-17-6-3-2-4-7-17)21(24)18-9-11-19(12-10-18)28-15-20-8-5-13-27-20/h2-4,6-7,9-12,16,20H,5,8,13-15H2,1H3,(H,25,26). The molecule has 2 atom stereocenters. The lowest BCUT2D eigenvalue weighted by Gasteiger charge is -2.27. The van der Waals surface area contributed by atoms with Gasteiger partial charge in [0.15, 0.2) is 0 Å². The molecule has 2 unspecified atom stereocenters. The lowest BCUT2D eigenvalue weighted by Crippen LogP contribution is -2.42. The zero-order chi connectivity index (χ0) is 19.9. The maximum atomic E-state index is 13.0. The van der Waals surface area contributed by atoms with Crippen molar-refractivity contribution in [3.8, 4) is 5.75 Å². The van der Waals surface area contributed by atoms with Crippen molar-refractivity contribution < 1.29 is 24.2 Å². The molecule has 0 aromatic heterocycles. The van der Waals surface area contributed by atoms with Gasteiger partial charge in [0, 0.05) is 18.7 Å². The van der Waals surface area contributed by atoms with Gasteiger partial charge in [-0.05, 0) is 49.6 Å². The van der Waals surface area contributed by atoms with Crippen LogP contribution in [0.1, 0.15) is 35.7 Å². The first-order valence-corrected chi connectivity index (χ1v) is 9.47. The minimum Gasteiger partial charge on any atom is -0.491 e. The second-order valence-electron chi connectivity index (χ2n) is 6.90. The Bertz CT molecular complexity index is 784. The number of aliphatic carboxylic acids is 1. The van der Waals surface area contributed by atoms with Crippen LogP contribution in [0.25, 0.3) is 0 Å². The number of rotatable bonds is 8. The van der Waals surface area contributed by atoms with Gasteiger partial charge in [-0.3, -0.25) is 4.79 Å². The number of amides is 1. The molecule has 1 heterocycles. The molecular weight excluding hydrogens is 358 g/mol.